The lowest BCUT2D eigenvalue weighted by Gasteiger charge is -2.32. The summed E-state index contributed by atoms with van der Waals surface area (Å²) in [6, 6.07) is 7.91. The summed E-state index contributed by atoms with van der Waals surface area (Å²) in [5, 5.41) is 2.90. The molecule has 0 aromatic heterocycles. The van der Waals surface area contributed by atoms with Gasteiger partial charge in [0.2, 0.25) is 0 Å². The van der Waals surface area contributed by atoms with Gasteiger partial charge in [0.15, 0.2) is 16.4 Å². The van der Waals surface area contributed by atoms with Crippen LogP contribution < -0.4 is 23.8 Å². The van der Waals surface area contributed by atoms with Gasteiger partial charge in [0.05, 0.1) is 32.0 Å². The standard InChI is InChI=1S/C21H23ClN2O6S/c1-6-24-16-11-19(30-5)18(29-4)10-14(16)12(2)20(31(24,26)27)21(25)23-13-7-8-17(28-3)15(22)9-13/h7-11H,6H2,1-5H3,(H,23,25). The number of nitrogens with zero attached hydrogens (tertiary/aromatic N) is 1. The van der Waals surface area contributed by atoms with Crippen LogP contribution in [0.5, 0.6) is 17.2 Å². The van der Waals surface area contributed by atoms with Crippen LogP contribution in [0.1, 0.15) is 19.4 Å². The molecule has 1 heterocycles. The van der Waals surface area contributed by atoms with Crippen LogP contribution in [0.25, 0.3) is 5.57 Å². The van der Waals surface area contributed by atoms with E-state index in [9.17, 15) is 13.2 Å². The molecule has 2 aromatic carbocycles. The number of allylic oxidation sites excluding steroid dienone is 1. The Labute approximate surface area is 186 Å². The van der Waals surface area contributed by atoms with Crippen molar-refractivity contribution in [2.45, 2.75) is 13.8 Å². The van der Waals surface area contributed by atoms with Crippen LogP contribution in [0.2, 0.25) is 5.02 Å². The number of carbonyl (C=O) groups is 1. The monoisotopic (exact) mass is 466 g/mol. The second kappa shape index (κ2) is 8.68. The maximum Gasteiger partial charge on any atom is 0.270 e. The molecule has 0 radical (unpaired) electrons. The van der Waals surface area contributed by atoms with Crippen molar-refractivity contribution in [3.8, 4) is 17.2 Å². The predicted molar refractivity (Wildman–Crippen MR) is 121 cm³/mol. The van der Waals surface area contributed by atoms with Crippen LogP contribution in [0.3, 0.4) is 0 Å². The molecule has 0 bridgehead atoms. The van der Waals surface area contributed by atoms with Crippen molar-refractivity contribution in [3.05, 3.63) is 45.8 Å². The van der Waals surface area contributed by atoms with Gasteiger partial charge < -0.3 is 19.5 Å². The van der Waals surface area contributed by atoms with E-state index in [1.54, 1.807) is 38.1 Å². The van der Waals surface area contributed by atoms with Gasteiger partial charge >= 0.3 is 0 Å². The van der Waals surface area contributed by atoms with Crippen LogP contribution in [-0.2, 0) is 14.8 Å². The van der Waals surface area contributed by atoms with Crippen LogP contribution in [0.4, 0.5) is 11.4 Å². The van der Waals surface area contributed by atoms with Crippen molar-refractivity contribution < 1.29 is 27.4 Å². The van der Waals surface area contributed by atoms with Gasteiger partial charge in [0.1, 0.15) is 5.75 Å². The molecule has 0 fully saturated rings. The molecule has 2 aromatic rings. The molecule has 0 unspecified atom stereocenters. The highest BCUT2D eigenvalue weighted by molar-refractivity contribution is 7.97. The van der Waals surface area contributed by atoms with Crippen molar-refractivity contribution >= 4 is 44.5 Å². The maximum absolute atomic E-state index is 13.4. The average molecular weight is 467 g/mol. The van der Waals surface area contributed by atoms with Gasteiger partial charge in [-0.2, -0.15) is 0 Å². The predicted octanol–water partition coefficient (Wildman–Crippen LogP) is 3.91. The Bertz CT molecular complexity index is 1180. The number of sulfonamides is 1. The fourth-order valence-corrected chi connectivity index (χ4v) is 5.50. The summed E-state index contributed by atoms with van der Waals surface area (Å²) in [5.74, 6) is 0.492. The summed E-state index contributed by atoms with van der Waals surface area (Å²) in [6.45, 7) is 3.41. The Morgan fingerprint density at radius 1 is 1.03 bits per heavy atom. The molecule has 10 heteroatoms. The van der Waals surface area contributed by atoms with Crippen molar-refractivity contribution in [3.63, 3.8) is 0 Å². The molecule has 8 nitrogen and oxygen atoms in total. The van der Waals surface area contributed by atoms with Crippen LogP contribution in [0, 0.1) is 0 Å². The summed E-state index contributed by atoms with van der Waals surface area (Å²) in [7, 11) is 0.317. The molecular formula is C21H23ClN2O6S. The van der Waals surface area contributed by atoms with Crippen molar-refractivity contribution in [1.29, 1.82) is 0 Å². The Kier molecular flexibility index (Phi) is 6.38. The maximum atomic E-state index is 13.4. The number of hydrogen-bond donors (Lipinski definition) is 1. The van der Waals surface area contributed by atoms with E-state index in [4.69, 9.17) is 25.8 Å². The van der Waals surface area contributed by atoms with Gasteiger partial charge in [-0.15, -0.1) is 0 Å². The molecule has 1 aliphatic heterocycles. The third-order valence-electron chi connectivity index (χ3n) is 4.97. The lowest BCUT2D eigenvalue weighted by molar-refractivity contribution is -0.112. The third-order valence-corrected chi connectivity index (χ3v) is 7.30. The molecule has 166 valence electrons. The molecule has 0 aliphatic carbocycles. The smallest absolute Gasteiger partial charge is 0.270 e. The fourth-order valence-electron chi connectivity index (χ4n) is 3.49. The minimum Gasteiger partial charge on any atom is -0.495 e. The van der Waals surface area contributed by atoms with Gasteiger partial charge in [-0.25, -0.2) is 8.42 Å². The van der Waals surface area contributed by atoms with Gasteiger partial charge in [0, 0.05) is 23.9 Å². The van der Waals surface area contributed by atoms with Crippen LogP contribution in [-0.4, -0.2) is 42.2 Å². The van der Waals surface area contributed by atoms with E-state index in [1.807, 2.05) is 0 Å². The highest BCUT2D eigenvalue weighted by Crippen LogP contribution is 2.45. The van der Waals surface area contributed by atoms with E-state index in [0.717, 1.165) is 0 Å². The first-order valence-electron chi connectivity index (χ1n) is 9.34. The number of methoxy groups -OCH3 is 3. The molecule has 1 amide bonds. The normalized spacial score (nSPS) is 14.7. The molecule has 0 atom stereocenters. The quantitative estimate of drug-likeness (QED) is 0.693. The zero-order chi connectivity index (χ0) is 22.9. The van der Waals surface area contributed by atoms with Crippen molar-refractivity contribution in [2.75, 3.05) is 37.5 Å². The largest absolute Gasteiger partial charge is 0.495 e. The summed E-state index contributed by atoms with van der Waals surface area (Å²) < 4.78 is 43.7. The zero-order valence-electron chi connectivity index (χ0n) is 17.8. The zero-order valence-corrected chi connectivity index (χ0v) is 19.3. The van der Waals surface area contributed by atoms with Gasteiger partial charge in [-0.3, -0.25) is 9.10 Å². The molecule has 0 spiro atoms. The highest BCUT2D eigenvalue weighted by Gasteiger charge is 2.39. The summed E-state index contributed by atoms with van der Waals surface area (Å²) in [5.41, 5.74) is 1.62. The van der Waals surface area contributed by atoms with Gasteiger partial charge in [0.25, 0.3) is 15.9 Å². The lowest BCUT2D eigenvalue weighted by Crippen LogP contribution is -2.39. The van der Waals surface area contributed by atoms with Crippen LogP contribution >= 0.6 is 11.6 Å². The first-order chi connectivity index (χ1) is 14.7. The van der Waals surface area contributed by atoms with E-state index >= 15 is 0 Å². The molecule has 1 N–H and O–H groups in total. The first-order valence-corrected chi connectivity index (χ1v) is 11.2. The number of fused-ring (bicyclic) bond motifs is 1. The molecule has 0 saturated heterocycles. The number of benzene rings is 2. The Morgan fingerprint density at radius 3 is 2.19 bits per heavy atom. The van der Waals surface area contributed by atoms with E-state index < -0.39 is 15.9 Å². The minimum atomic E-state index is -4.12. The number of amides is 1. The van der Waals surface area contributed by atoms with Gasteiger partial charge in [-0.1, -0.05) is 11.6 Å². The van der Waals surface area contributed by atoms with E-state index in [0.29, 0.717) is 39.8 Å². The van der Waals surface area contributed by atoms with Gasteiger partial charge in [-0.05, 0) is 43.7 Å². The second-order valence-electron chi connectivity index (χ2n) is 6.65. The Balaban J connectivity index is 2.14. The number of carbonyl (C=O) groups excluding carboxylic acids is 1. The summed E-state index contributed by atoms with van der Waals surface area (Å²) in [6.07, 6.45) is 0. The molecule has 0 saturated carbocycles. The number of anilines is 2. The lowest BCUT2D eigenvalue weighted by atomic mass is 10.0. The number of hydrogen-bond acceptors (Lipinski definition) is 6. The van der Waals surface area contributed by atoms with Crippen molar-refractivity contribution in [2.24, 2.45) is 0 Å². The number of rotatable bonds is 6. The second-order valence-corrected chi connectivity index (χ2v) is 8.86. The number of halogens is 1. The Hall–Kier alpha value is -2.91. The van der Waals surface area contributed by atoms with E-state index in [1.165, 1.54) is 31.7 Å². The average Bonchev–Trinajstić information content (AvgIpc) is 2.72. The van der Waals surface area contributed by atoms with Crippen molar-refractivity contribution in [1.82, 2.24) is 0 Å². The number of nitrogens with one attached hydrogen (secondary N) is 1. The molecule has 3 rings (SSSR count). The summed E-state index contributed by atoms with van der Waals surface area (Å²) in [4.78, 5) is 12.8. The number of ether oxygens (including phenoxy) is 3. The summed E-state index contributed by atoms with van der Waals surface area (Å²) >= 11 is 6.12. The highest BCUT2D eigenvalue weighted by atomic mass is 35.5. The van der Waals surface area contributed by atoms with E-state index in [2.05, 4.69) is 5.32 Å². The van der Waals surface area contributed by atoms with Crippen LogP contribution in [0.15, 0.2) is 35.2 Å². The third kappa shape index (κ3) is 3.90. The molecular weight excluding hydrogens is 444 g/mol. The minimum absolute atomic E-state index is 0.128. The fraction of sp³-hybridized carbons (Fsp3) is 0.286. The SMILES string of the molecule is CCN1c2cc(OC)c(OC)cc2C(C)=C(C(=O)Nc2ccc(OC)c(Cl)c2)S1(=O)=O. The Morgan fingerprint density at radius 2 is 1.65 bits per heavy atom. The first kappa shape index (κ1) is 22.8. The molecule has 1 aliphatic rings. The topological polar surface area (TPSA) is 94.2 Å². The van der Waals surface area contributed by atoms with E-state index in [-0.39, 0.29) is 16.5 Å². The molecule has 31 heavy (non-hydrogen) atoms.